The predicted octanol–water partition coefficient (Wildman–Crippen LogP) is 3.03. The largest absolute Gasteiger partial charge is 0.409 e. The zero-order valence-electron chi connectivity index (χ0n) is 15.0. The van der Waals surface area contributed by atoms with Crippen molar-refractivity contribution in [1.29, 1.82) is 0 Å². The summed E-state index contributed by atoms with van der Waals surface area (Å²) in [5.74, 6) is -0.586. The van der Waals surface area contributed by atoms with Crippen molar-refractivity contribution >= 4 is 8.32 Å². The number of hydrogen-bond acceptors (Lipinski definition) is 5. The van der Waals surface area contributed by atoms with Crippen molar-refractivity contribution in [2.75, 3.05) is 6.61 Å². The molecule has 2 heterocycles. The van der Waals surface area contributed by atoms with E-state index in [1.807, 2.05) is 13.8 Å². The van der Waals surface area contributed by atoms with Crippen LogP contribution in [0.25, 0.3) is 0 Å². The van der Waals surface area contributed by atoms with Crippen molar-refractivity contribution in [3.8, 4) is 0 Å². The lowest BCUT2D eigenvalue weighted by molar-refractivity contribution is -0.172. The van der Waals surface area contributed by atoms with E-state index in [1.165, 1.54) is 0 Å². The van der Waals surface area contributed by atoms with Crippen molar-refractivity contribution in [1.82, 2.24) is 0 Å². The van der Waals surface area contributed by atoms with Crippen molar-refractivity contribution < 1.29 is 23.7 Å². The van der Waals surface area contributed by atoms with E-state index in [4.69, 9.17) is 18.6 Å². The van der Waals surface area contributed by atoms with Gasteiger partial charge in [0.15, 0.2) is 20.4 Å². The monoisotopic (exact) mass is 332 g/mol. The van der Waals surface area contributed by atoms with E-state index in [-0.39, 0.29) is 23.4 Å². The molecule has 6 heteroatoms. The van der Waals surface area contributed by atoms with Crippen LogP contribution in [-0.2, 0) is 18.6 Å². The minimum atomic E-state index is -1.97. The fourth-order valence-corrected chi connectivity index (χ4v) is 4.01. The zero-order valence-corrected chi connectivity index (χ0v) is 16.0. The average Bonchev–Trinajstić information content (AvgIpc) is 2.91. The molecule has 0 aromatic carbocycles. The molecule has 2 aliphatic heterocycles. The molecule has 1 unspecified atom stereocenters. The Balaban J connectivity index is 2.16. The predicted molar refractivity (Wildman–Crippen MR) is 87.1 cm³/mol. The fourth-order valence-electron chi connectivity index (χ4n) is 2.67. The molecule has 0 aromatic rings. The van der Waals surface area contributed by atoms with E-state index in [1.54, 1.807) is 0 Å². The standard InChI is InChI=1S/C16H32O5Si/c1-15(2,3)22(6,7)21-14(11-8-9-13(17)19-11)12-10-18-16(4,5)20-12/h11-14,17H,8-10H2,1-7H3/t11-,12-,13?,14+/m1/s1. The molecule has 2 saturated heterocycles. The van der Waals surface area contributed by atoms with Crippen molar-refractivity contribution in [2.45, 2.75) is 96.0 Å². The molecule has 22 heavy (non-hydrogen) atoms. The van der Waals surface area contributed by atoms with E-state index in [2.05, 4.69) is 33.9 Å². The molecule has 2 fully saturated rings. The lowest BCUT2D eigenvalue weighted by atomic mass is 10.1. The third-order valence-electron chi connectivity index (χ3n) is 5.03. The maximum absolute atomic E-state index is 9.71. The molecule has 5 nitrogen and oxygen atoms in total. The maximum Gasteiger partial charge on any atom is 0.192 e. The molecule has 2 rings (SSSR count). The van der Waals surface area contributed by atoms with Crippen LogP contribution in [0, 0.1) is 0 Å². The van der Waals surface area contributed by atoms with Gasteiger partial charge in [-0.05, 0) is 38.4 Å². The Kier molecular flexibility index (Phi) is 5.13. The lowest BCUT2D eigenvalue weighted by Crippen LogP contribution is -2.52. The van der Waals surface area contributed by atoms with Crippen molar-refractivity contribution in [2.24, 2.45) is 0 Å². The fraction of sp³-hybridized carbons (Fsp3) is 1.00. The van der Waals surface area contributed by atoms with Gasteiger partial charge in [0.2, 0.25) is 0 Å². The molecule has 0 bridgehead atoms. The molecule has 4 atom stereocenters. The van der Waals surface area contributed by atoms with Gasteiger partial charge in [-0.3, -0.25) is 0 Å². The minimum absolute atomic E-state index is 0.109. The summed E-state index contributed by atoms with van der Waals surface area (Å²) >= 11 is 0. The van der Waals surface area contributed by atoms with Gasteiger partial charge in [0.05, 0.1) is 18.8 Å². The summed E-state index contributed by atoms with van der Waals surface area (Å²) in [5, 5.41) is 9.82. The lowest BCUT2D eigenvalue weighted by Gasteiger charge is -2.42. The number of aliphatic hydroxyl groups is 1. The van der Waals surface area contributed by atoms with Gasteiger partial charge in [0.1, 0.15) is 6.10 Å². The first-order valence-electron chi connectivity index (χ1n) is 8.24. The second kappa shape index (κ2) is 6.15. The third-order valence-corrected chi connectivity index (χ3v) is 9.50. The number of aliphatic hydroxyl groups excluding tert-OH is 1. The van der Waals surface area contributed by atoms with E-state index in [0.29, 0.717) is 13.0 Å². The summed E-state index contributed by atoms with van der Waals surface area (Å²) in [7, 11) is -1.97. The highest BCUT2D eigenvalue weighted by Gasteiger charge is 2.48. The van der Waals surface area contributed by atoms with Crippen molar-refractivity contribution in [3.63, 3.8) is 0 Å². The summed E-state index contributed by atoms with van der Waals surface area (Å²) in [5.41, 5.74) is 0. The quantitative estimate of drug-likeness (QED) is 0.802. The van der Waals surface area contributed by atoms with Crippen LogP contribution in [0.1, 0.15) is 47.5 Å². The van der Waals surface area contributed by atoms with E-state index < -0.39 is 20.4 Å². The van der Waals surface area contributed by atoms with Gasteiger partial charge in [-0.2, -0.15) is 0 Å². The maximum atomic E-state index is 9.71. The molecule has 130 valence electrons. The van der Waals surface area contributed by atoms with Crippen LogP contribution in [0.5, 0.6) is 0 Å². The Hall–Kier alpha value is 0.0169. The summed E-state index contributed by atoms with van der Waals surface area (Å²) in [6, 6.07) is 0. The topological polar surface area (TPSA) is 57.2 Å². The van der Waals surface area contributed by atoms with Crippen molar-refractivity contribution in [3.05, 3.63) is 0 Å². The Morgan fingerprint density at radius 2 is 1.82 bits per heavy atom. The van der Waals surface area contributed by atoms with Gasteiger partial charge in [-0.1, -0.05) is 20.8 Å². The van der Waals surface area contributed by atoms with Gasteiger partial charge in [0, 0.05) is 6.42 Å². The van der Waals surface area contributed by atoms with Crippen LogP contribution in [-0.4, -0.2) is 50.4 Å². The highest BCUT2D eigenvalue weighted by Crippen LogP contribution is 2.40. The molecule has 2 aliphatic rings. The van der Waals surface area contributed by atoms with Crippen LogP contribution >= 0.6 is 0 Å². The summed E-state index contributed by atoms with van der Waals surface area (Å²) < 4.78 is 24.0. The second-order valence-corrected chi connectivity index (χ2v) is 13.2. The van der Waals surface area contributed by atoms with Crippen LogP contribution < -0.4 is 0 Å². The van der Waals surface area contributed by atoms with Gasteiger partial charge in [-0.15, -0.1) is 0 Å². The average molecular weight is 333 g/mol. The first-order chi connectivity index (χ1) is 9.91. The molecule has 1 N–H and O–H groups in total. The van der Waals surface area contributed by atoms with Gasteiger partial charge in [-0.25, -0.2) is 0 Å². The minimum Gasteiger partial charge on any atom is -0.409 e. The van der Waals surface area contributed by atoms with E-state index >= 15 is 0 Å². The first-order valence-corrected chi connectivity index (χ1v) is 11.2. The Morgan fingerprint density at radius 1 is 1.18 bits per heavy atom. The molecule has 0 aromatic heterocycles. The molecule has 0 aliphatic carbocycles. The van der Waals surface area contributed by atoms with Crippen LogP contribution in [0.2, 0.25) is 18.1 Å². The SMILES string of the molecule is CC1(C)OC[C@H]([C@@H](O[Si](C)(C)C(C)(C)C)[C@H]2CCC(O)O2)O1. The first kappa shape index (κ1) is 18.4. The number of hydrogen-bond donors (Lipinski definition) is 1. The summed E-state index contributed by atoms with van der Waals surface area (Å²) in [4.78, 5) is 0. The Labute approximate surface area is 135 Å². The highest BCUT2D eigenvalue weighted by molar-refractivity contribution is 6.74. The number of rotatable bonds is 4. The molecular formula is C16H32O5Si. The van der Waals surface area contributed by atoms with E-state index in [0.717, 1.165) is 6.42 Å². The summed E-state index contributed by atoms with van der Waals surface area (Å²) in [6.45, 7) is 15.5. The Bertz CT molecular complexity index is 390. The van der Waals surface area contributed by atoms with Gasteiger partial charge < -0.3 is 23.7 Å². The van der Waals surface area contributed by atoms with Gasteiger partial charge >= 0.3 is 0 Å². The highest BCUT2D eigenvalue weighted by atomic mass is 28.4. The Morgan fingerprint density at radius 3 is 2.23 bits per heavy atom. The second-order valence-electron chi connectivity index (χ2n) is 8.42. The zero-order chi connectivity index (χ0) is 16.8. The summed E-state index contributed by atoms with van der Waals surface area (Å²) in [6.07, 6.45) is 0.274. The number of ether oxygens (including phenoxy) is 3. The molecule has 0 spiro atoms. The van der Waals surface area contributed by atoms with Crippen LogP contribution in [0.3, 0.4) is 0 Å². The molecule has 0 radical (unpaired) electrons. The van der Waals surface area contributed by atoms with E-state index in [9.17, 15) is 5.11 Å². The molecular weight excluding hydrogens is 300 g/mol. The van der Waals surface area contributed by atoms with Gasteiger partial charge in [0.25, 0.3) is 0 Å². The molecule has 0 amide bonds. The normalized spacial score (nSPS) is 34.1. The third kappa shape index (κ3) is 4.10. The van der Waals surface area contributed by atoms with Crippen LogP contribution in [0.4, 0.5) is 0 Å². The van der Waals surface area contributed by atoms with Crippen LogP contribution in [0.15, 0.2) is 0 Å². The molecule has 0 saturated carbocycles. The smallest absolute Gasteiger partial charge is 0.192 e.